The van der Waals surface area contributed by atoms with Crippen LogP contribution < -0.4 is 10.6 Å². The maximum Gasteiger partial charge on any atom is 0.125 e. The summed E-state index contributed by atoms with van der Waals surface area (Å²) in [6.07, 6.45) is 0. The predicted molar refractivity (Wildman–Crippen MR) is 89.6 cm³/mol. The molecule has 0 spiro atoms. The first-order chi connectivity index (χ1) is 9.82. The van der Waals surface area contributed by atoms with Crippen LogP contribution in [0.3, 0.4) is 0 Å². The molecule has 0 radical (unpaired) electrons. The zero-order valence-electron chi connectivity index (χ0n) is 13.1. The average Bonchev–Trinajstić information content (AvgIpc) is 2.89. The lowest BCUT2D eigenvalue weighted by Gasteiger charge is -2.28. The normalized spacial score (nSPS) is 13.2. The summed E-state index contributed by atoms with van der Waals surface area (Å²) in [6, 6.07) is 11.0. The van der Waals surface area contributed by atoms with E-state index in [1.165, 1.54) is 15.8 Å². The first kappa shape index (κ1) is 16.0. The molecule has 0 fully saturated rings. The van der Waals surface area contributed by atoms with Crippen molar-refractivity contribution < 1.29 is 4.39 Å². The molecule has 2 rings (SSSR count). The van der Waals surface area contributed by atoms with Crippen LogP contribution in [0.15, 0.2) is 36.4 Å². The molecule has 1 heterocycles. The molecule has 2 N–H and O–H groups in total. The van der Waals surface area contributed by atoms with Crippen LogP contribution in [0.5, 0.6) is 0 Å². The smallest absolute Gasteiger partial charge is 0.125 e. The molecule has 0 aliphatic heterocycles. The first-order valence-electron chi connectivity index (χ1n) is 7.11. The number of anilines is 1. The Kier molecular flexibility index (Phi) is 4.69. The van der Waals surface area contributed by atoms with E-state index in [9.17, 15) is 4.39 Å². The summed E-state index contributed by atoms with van der Waals surface area (Å²) in [4.78, 5) is 4.60. The Bertz CT molecular complexity index is 601. The summed E-state index contributed by atoms with van der Waals surface area (Å²) >= 11 is 1.78. The molecule has 0 saturated carbocycles. The minimum atomic E-state index is -0.225. The van der Waals surface area contributed by atoms with E-state index in [-0.39, 0.29) is 17.3 Å². The van der Waals surface area contributed by atoms with Crippen LogP contribution >= 0.6 is 11.3 Å². The van der Waals surface area contributed by atoms with Crippen LogP contribution in [-0.4, -0.2) is 13.6 Å². The zero-order valence-corrected chi connectivity index (χ0v) is 13.9. The van der Waals surface area contributed by atoms with E-state index >= 15 is 0 Å². The van der Waals surface area contributed by atoms with Crippen molar-refractivity contribution >= 4 is 17.0 Å². The van der Waals surface area contributed by atoms with Crippen LogP contribution in [0.4, 0.5) is 10.1 Å². The van der Waals surface area contributed by atoms with Crippen LogP contribution in [0.2, 0.25) is 0 Å². The van der Waals surface area contributed by atoms with Gasteiger partial charge >= 0.3 is 0 Å². The van der Waals surface area contributed by atoms with Gasteiger partial charge in [-0.2, -0.15) is 0 Å². The maximum atomic E-state index is 13.4. The monoisotopic (exact) mass is 306 g/mol. The number of rotatable bonds is 4. The molecule has 0 aliphatic rings. The predicted octanol–water partition coefficient (Wildman–Crippen LogP) is 4.32. The number of benzene rings is 1. The number of hydrogen-bond acceptors (Lipinski definition) is 3. The summed E-state index contributed by atoms with van der Waals surface area (Å²) in [5, 5.41) is 0. The Morgan fingerprint density at radius 3 is 2.48 bits per heavy atom. The molecular weight excluding hydrogens is 283 g/mol. The molecule has 1 unspecified atom stereocenters. The van der Waals surface area contributed by atoms with Crippen LogP contribution in [-0.2, 0) is 5.41 Å². The molecule has 21 heavy (non-hydrogen) atoms. The van der Waals surface area contributed by atoms with Crippen molar-refractivity contribution in [1.29, 1.82) is 0 Å². The molecule has 4 heteroatoms. The standard InChI is InChI=1S/C17H23FN2S/c1-17(2,3)16-9-8-15(21-16)14(11-19)20(4)13-7-5-6-12(18)10-13/h5-10,14H,11,19H2,1-4H3. The molecule has 0 amide bonds. The molecule has 114 valence electrons. The fraction of sp³-hybridized carbons (Fsp3) is 0.412. The van der Waals surface area contributed by atoms with Gasteiger partial charge in [0, 0.05) is 29.0 Å². The average molecular weight is 306 g/mol. The van der Waals surface area contributed by atoms with Gasteiger partial charge in [-0.05, 0) is 35.7 Å². The summed E-state index contributed by atoms with van der Waals surface area (Å²) in [5.41, 5.74) is 6.95. The minimum absolute atomic E-state index is 0.0629. The first-order valence-corrected chi connectivity index (χ1v) is 7.93. The summed E-state index contributed by atoms with van der Waals surface area (Å²) in [6.45, 7) is 7.11. The lowest BCUT2D eigenvalue weighted by molar-refractivity contribution is 0.604. The molecule has 0 saturated heterocycles. The van der Waals surface area contributed by atoms with E-state index in [0.29, 0.717) is 6.54 Å². The quantitative estimate of drug-likeness (QED) is 0.911. The SMILES string of the molecule is CN(c1cccc(F)c1)C(CN)c1ccc(C(C)(C)C)s1. The number of thiophene rings is 1. The minimum Gasteiger partial charge on any atom is -0.365 e. The van der Waals surface area contributed by atoms with Gasteiger partial charge < -0.3 is 10.6 Å². The van der Waals surface area contributed by atoms with Gasteiger partial charge in [0.1, 0.15) is 5.82 Å². The van der Waals surface area contributed by atoms with E-state index in [4.69, 9.17) is 5.73 Å². The Morgan fingerprint density at radius 2 is 1.95 bits per heavy atom. The fourth-order valence-electron chi connectivity index (χ4n) is 2.28. The molecule has 0 aliphatic carbocycles. The Morgan fingerprint density at radius 1 is 1.24 bits per heavy atom. The van der Waals surface area contributed by atoms with Crippen molar-refractivity contribution in [3.8, 4) is 0 Å². The number of nitrogens with zero attached hydrogens (tertiary/aromatic N) is 1. The highest BCUT2D eigenvalue weighted by atomic mass is 32.1. The van der Waals surface area contributed by atoms with Gasteiger partial charge in [0.15, 0.2) is 0 Å². The summed E-state index contributed by atoms with van der Waals surface area (Å²) < 4.78 is 13.4. The Balaban J connectivity index is 2.29. The van der Waals surface area contributed by atoms with Crippen molar-refractivity contribution in [2.75, 3.05) is 18.5 Å². The van der Waals surface area contributed by atoms with Crippen molar-refractivity contribution in [3.63, 3.8) is 0 Å². The molecule has 1 aromatic carbocycles. The van der Waals surface area contributed by atoms with Crippen LogP contribution in [0.1, 0.15) is 36.6 Å². The van der Waals surface area contributed by atoms with Gasteiger partial charge in [-0.25, -0.2) is 4.39 Å². The van der Waals surface area contributed by atoms with E-state index in [0.717, 1.165) is 5.69 Å². The lowest BCUT2D eigenvalue weighted by atomic mass is 9.95. The topological polar surface area (TPSA) is 29.3 Å². The van der Waals surface area contributed by atoms with Gasteiger partial charge in [0.05, 0.1) is 6.04 Å². The van der Waals surface area contributed by atoms with Gasteiger partial charge in [-0.1, -0.05) is 26.8 Å². The second-order valence-electron chi connectivity index (χ2n) is 6.29. The molecule has 1 aromatic heterocycles. The third-order valence-electron chi connectivity index (χ3n) is 3.60. The second-order valence-corrected chi connectivity index (χ2v) is 7.41. The van der Waals surface area contributed by atoms with Crippen molar-refractivity contribution in [2.45, 2.75) is 32.2 Å². The van der Waals surface area contributed by atoms with Crippen molar-refractivity contribution in [1.82, 2.24) is 0 Å². The zero-order chi connectivity index (χ0) is 15.6. The van der Waals surface area contributed by atoms with E-state index in [2.05, 4.69) is 32.9 Å². The molecule has 2 nitrogen and oxygen atoms in total. The fourth-order valence-corrected chi connectivity index (χ4v) is 3.50. The Labute approximate surface area is 130 Å². The van der Waals surface area contributed by atoms with Crippen LogP contribution in [0.25, 0.3) is 0 Å². The van der Waals surface area contributed by atoms with Gasteiger partial charge in [0.25, 0.3) is 0 Å². The van der Waals surface area contributed by atoms with Gasteiger partial charge in [0.2, 0.25) is 0 Å². The van der Waals surface area contributed by atoms with Crippen molar-refractivity contribution in [2.24, 2.45) is 5.73 Å². The molecule has 2 aromatic rings. The highest BCUT2D eigenvalue weighted by molar-refractivity contribution is 7.12. The molecule has 1 atom stereocenters. The van der Waals surface area contributed by atoms with Crippen molar-refractivity contribution in [3.05, 3.63) is 52.0 Å². The maximum absolute atomic E-state index is 13.4. The second kappa shape index (κ2) is 6.16. The van der Waals surface area contributed by atoms with E-state index in [1.54, 1.807) is 23.5 Å². The molecule has 0 bridgehead atoms. The largest absolute Gasteiger partial charge is 0.365 e. The Hall–Kier alpha value is -1.39. The third kappa shape index (κ3) is 3.63. The van der Waals surface area contributed by atoms with Gasteiger partial charge in [-0.15, -0.1) is 11.3 Å². The third-order valence-corrected chi connectivity index (χ3v) is 5.21. The molecular formula is C17H23FN2S. The van der Waals surface area contributed by atoms with Crippen LogP contribution in [0, 0.1) is 5.82 Å². The number of hydrogen-bond donors (Lipinski definition) is 1. The summed E-state index contributed by atoms with van der Waals surface area (Å²) in [7, 11) is 1.96. The number of nitrogens with two attached hydrogens (primary N) is 1. The van der Waals surface area contributed by atoms with E-state index in [1.807, 2.05) is 18.0 Å². The highest BCUT2D eigenvalue weighted by Gasteiger charge is 2.22. The van der Waals surface area contributed by atoms with Gasteiger partial charge in [-0.3, -0.25) is 0 Å². The van der Waals surface area contributed by atoms with E-state index < -0.39 is 0 Å². The highest BCUT2D eigenvalue weighted by Crippen LogP contribution is 2.35. The number of halogens is 1. The summed E-state index contributed by atoms with van der Waals surface area (Å²) in [5.74, 6) is -0.225. The number of likely N-dealkylation sites (N-methyl/N-ethyl adjacent to an activating group) is 1. The lowest BCUT2D eigenvalue weighted by Crippen LogP contribution is -2.29.